The number of nitrogens with one attached hydrogen (secondary N) is 2. The monoisotopic (exact) mass is 327 g/mol. The number of ether oxygens (including phenoxy) is 1. The van der Waals surface area contributed by atoms with E-state index in [4.69, 9.17) is 4.74 Å². The van der Waals surface area contributed by atoms with Gasteiger partial charge in [0.1, 0.15) is 5.75 Å². The van der Waals surface area contributed by atoms with Crippen molar-refractivity contribution in [2.45, 2.75) is 44.8 Å². The Bertz CT molecular complexity index is 588. The average molecular weight is 327 g/mol. The van der Waals surface area contributed by atoms with Gasteiger partial charge in [0.25, 0.3) is 0 Å². The van der Waals surface area contributed by atoms with Crippen LogP contribution in [0.5, 0.6) is 5.75 Å². The fourth-order valence-electron chi connectivity index (χ4n) is 2.73. The molecule has 0 spiro atoms. The molecule has 0 aromatic carbocycles. The Balaban J connectivity index is 1.75. The summed E-state index contributed by atoms with van der Waals surface area (Å²) in [6.45, 7) is 5.55. The topological polar surface area (TPSA) is 63.2 Å². The maximum atomic E-state index is 12.1. The quantitative estimate of drug-likeness (QED) is 0.783. The van der Waals surface area contributed by atoms with Gasteiger partial charge in [-0.1, -0.05) is 18.7 Å². The van der Waals surface area contributed by atoms with Crippen LogP contribution in [0, 0.1) is 0 Å². The molecule has 5 nitrogen and oxygen atoms in total. The lowest BCUT2D eigenvalue weighted by molar-refractivity contribution is 0.140. The van der Waals surface area contributed by atoms with E-state index >= 15 is 0 Å². The van der Waals surface area contributed by atoms with E-state index in [1.165, 1.54) is 0 Å². The molecule has 1 fully saturated rings. The summed E-state index contributed by atoms with van der Waals surface area (Å²) >= 11 is 0. The third kappa shape index (κ3) is 5.91. The second-order valence-electron chi connectivity index (χ2n) is 5.73. The summed E-state index contributed by atoms with van der Waals surface area (Å²) in [7, 11) is 0. The van der Waals surface area contributed by atoms with Crippen LogP contribution in [0.25, 0.3) is 0 Å². The zero-order chi connectivity index (χ0) is 17.2. The highest BCUT2D eigenvalue weighted by Gasteiger charge is 2.23. The Morgan fingerprint density at radius 3 is 2.62 bits per heavy atom. The van der Waals surface area contributed by atoms with Crippen LogP contribution in [0.3, 0.4) is 0 Å². The minimum absolute atomic E-state index is 0.179. The van der Waals surface area contributed by atoms with Crippen LogP contribution in [-0.2, 0) is 0 Å². The van der Waals surface area contributed by atoms with Gasteiger partial charge in [-0.25, -0.2) is 4.79 Å². The van der Waals surface area contributed by atoms with Crippen molar-refractivity contribution in [1.29, 1.82) is 0 Å². The highest BCUT2D eigenvalue weighted by Crippen LogP contribution is 2.23. The molecular weight excluding hydrogens is 302 g/mol. The number of carbonyl (C=O) groups is 1. The number of allylic oxidation sites excluding steroid dienone is 4. The van der Waals surface area contributed by atoms with Gasteiger partial charge in [-0.15, -0.1) is 0 Å². The van der Waals surface area contributed by atoms with Gasteiger partial charge >= 0.3 is 6.03 Å². The number of nitrogens with zero attached hydrogens (tertiary/aromatic N) is 1. The molecule has 24 heavy (non-hydrogen) atoms. The highest BCUT2D eigenvalue weighted by atomic mass is 16.5. The van der Waals surface area contributed by atoms with Gasteiger partial charge in [0.05, 0.1) is 6.10 Å². The lowest BCUT2D eigenvalue weighted by Crippen LogP contribution is -2.44. The zero-order valence-corrected chi connectivity index (χ0v) is 14.1. The summed E-state index contributed by atoms with van der Waals surface area (Å²) < 4.78 is 5.94. The normalized spacial score (nSPS) is 21.3. The number of rotatable bonds is 6. The van der Waals surface area contributed by atoms with E-state index in [-0.39, 0.29) is 18.2 Å². The second kappa shape index (κ2) is 9.55. The van der Waals surface area contributed by atoms with Crippen molar-refractivity contribution in [2.24, 2.45) is 0 Å². The Labute approximate surface area is 143 Å². The molecule has 0 atom stereocenters. The van der Waals surface area contributed by atoms with Crippen molar-refractivity contribution in [2.75, 3.05) is 0 Å². The molecule has 0 aliphatic heterocycles. The maximum Gasteiger partial charge on any atom is 0.319 e. The number of amides is 2. The van der Waals surface area contributed by atoms with Crippen LogP contribution < -0.4 is 15.4 Å². The van der Waals surface area contributed by atoms with Crippen LogP contribution >= 0.6 is 0 Å². The van der Waals surface area contributed by atoms with Gasteiger partial charge in [-0.2, -0.15) is 0 Å². The van der Waals surface area contributed by atoms with E-state index in [9.17, 15) is 4.79 Å². The van der Waals surface area contributed by atoms with Gasteiger partial charge in [0.2, 0.25) is 0 Å². The fourth-order valence-corrected chi connectivity index (χ4v) is 2.73. The van der Waals surface area contributed by atoms with E-state index in [0.29, 0.717) is 0 Å². The predicted octanol–water partition coefficient (Wildman–Crippen LogP) is 3.72. The fraction of sp³-hybridized carbons (Fsp3) is 0.368. The molecule has 1 saturated carbocycles. The van der Waals surface area contributed by atoms with Crippen molar-refractivity contribution < 1.29 is 9.53 Å². The number of urea groups is 1. The highest BCUT2D eigenvalue weighted by molar-refractivity contribution is 5.76. The molecule has 2 N–H and O–H groups in total. The lowest BCUT2D eigenvalue weighted by Gasteiger charge is -2.29. The number of carbonyl (C=O) groups excluding carboxylic acids is 1. The van der Waals surface area contributed by atoms with Gasteiger partial charge in [0.15, 0.2) is 0 Å². The lowest BCUT2D eigenvalue weighted by atomic mass is 9.93. The van der Waals surface area contributed by atoms with E-state index < -0.39 is 0 Å². The first kappa shape index (κ1) is 17.8. The van der Waals surface area contributed by atoms with Gasteiger partial charge in [-0.05, 0) is 56.9 Å². The van der Waals surface area contributed by atoms with E-state index in [2.05, 4.69) is 22.2 Å². The molecule has 0 saturated heterocycles. The molecule has 1 aliphatic rings. The standard InChI is InChI=1S/C19H25N3O2/c1-3-5-15(6-4-2)21-19(23)22-16-7-9-17(10-8-16)24-18-11-13-20-14-12-18/h3-6,11-14,16-17H,1,7-10H2,2H3,(H2,21,22,23)/b6-4-,15-5+. The van der Waals surface area contributed by atoms with Crippen LogP contribution in [0.15, 0.2) is 61.1 Å². The Hall–Kier alpha value is -2.56. The summed E-state index contributed by atoms with van der Waals surface area (Å²) in [6, 6.07) is 3.73. The zero-order valence-electron chi connectivity index (χ0n) is 14.1. The smallest absolute Gasteiger partial charge is 0.319 e. The molecule has 2 rings (SSSR count). The first-order valence-corrected chi connectivity index (χ1v) is 8.31. The van der Waals surface area contributed by atoms with Crippen LogP contribution in [-0.4, -0.2) is 23.2 Å². The van der Waals surface area contributed by atoms with Crippen molar-refractivity contribution >= 4 is 6.03 Å². The van der Waals surface area contributed by atoms with Crippen molar-refractivity contribution in [3.8, 4) is 5.75 Å². The largest absolute Gasteiger partial charge is 0.490 e. The average Bonchev–Trinajstić information content (AvgIpc) is 2.58. The summed E-state index contributed by atoms with van der Waals surface area (Å²) in [5, 5.41) is 5.86. The summed E-state index contributed by atoms with van der Waals surface area (Å²) in [5.74, 6) is 0.852. The first-order valence-electron chi connectivity index (χ1n) is 8.31. The van der Waals surface area contributed by atoms with Crippen molar-refractivity contribution in [3.05, 3.63) is 61.1 Å². The first-order chi connectivity index (χ1) is 11.7. The predicted molar refractivity (Wildman–Crippen MR) is 95.7 cm³/mol. The molecule has 1 heterocycles. The Morgan fingerprint density at radius 2 is 2.00 bits per heavy atom. The maximum absolute atomic E-state index is 12.1. The molecule has 0 bridgehead atoms. The number of hydrogen-bond acceptors (Lipinski definition) is 3. The van der Waals surface area contributed by atoms with Gasteiger partial charge < -0.3 is 15.4 Å². The molecule has 2 amide bonds. The van der Waals surface area contributed by atoms with E-state index in [1.54, 1.807) is 24.5 Å². The van der Waals surface area contributed by atoms with Crippen molar-refractivity contribution in [3.63, 3.8) is 0 Å². The molecule has 0 unspecified atom stereocenters. The Morgan fingerprint density at radius 1 is 1.29 bits per heavy atom. The van der Waals surface area contributed by atoms with E-state index in [0.717, 1.165) is 37.1 Å². The summed E-state index contributed by atoms with van der Waals surface area (Å²) in [5.41, 5.74) is 0.722. The second-order valence-corrected chi connectivity index (χ2v) is 5.73. The van der Waals surface area contributed by atoms with E-state index in [1.807, 2.05) is 31.2 Å². The van der Waals surface area contributed by atoms with Crippen molar-refractivity contribution in [1.82, 2.24) is 15.6 Å². The molecule has 1 aromatic rings. The number of hydrogen-bond donors (Lipinski definition) is 2. The summed E-state index contributed by atoms with van der Waals surface area (Å²) in [4.78, 5) is 16.1. The Kier molecular flexibility index (Phi) is 7.08. The third-order valence-electron chi connectivity index (χ3n) is 3.86. The molecule has 0 radical (unpaired) electrons. The summed E-state index contributed by atoms with van der Waals surface area (Å²) in [6.07, 6.45) is 14.5. The molecule has 128 valence electrons. The van der Waals surface area contributed by atoms with Gasteiger partial charge in [0, 0.05) is 24.1 Å². The van der Waals surface area contributed by atoms with Crippen LogP contribution in [0.2, 0.25) is 0 Å². The molecular formula is C19H25N3O2. The minimum Gasteiger partial charge on any atom is -0.490 e. The number of pyridine rings is 1. The third-order valence-corrected chi connectivity index (χ3v) is 3.86. The minimum atomic E-state index is -0.181. The number of aromatic nitrogens is 1. The van der Waals surface area contributed by atoms with Crippen LogP contribution in [0.1, 0.15) is 32.6 Å². The van der Waals surface area contributed by atoms with Gasteiger partial charge in [-0.3, -0.25) is 4.98 Å². The molecule has 1 aliphatic carbocycles. The molecule has 1 aromatic heterocycles. The molecule has 5 heteroatoms. The SMILES string of the molecule is C=C/C=C(\C=C/C)NC(=O)NC1CCC(Oc2ccncc2)CC1. The van der Waals surface area contributed by atoms with Crippen LogP contribution in [0.4, 0.5) is 4.79 Å².